The van der Waals surface area contributed by atoms with E-state index < -0.39 is 18.1 Å². The number of alkyl carbamates (subject to hydrolysis) is 1. The zero-order valence-electron chi connectivity index (χ0n) is 18.5. The molecule has 0 unspecified atom stereocenters. The van der Waals surface area contributed by atoms with Gasteiger partial charge in [0.2, 0.25) is 5.91 Å². The molecule has 1 atom stereocenters. The van der Waals surface area contributed by atoms with Crippen LogP contribution in [0.5, 0.6) is 0 Å². The third-order valence-corrected chi connectivity index (χ3v) is 5.74. The number of carboxylic acid groups (broad SMARTS) is 1. The summed E-state index contributed by atoms with van der Waals surface area (Å²) in [6, 6.07) is 15.2. The molecular weight excluding hydrogens is 424 g/mol. The van der Waals surface area contributed by atoms with Crippen LogP contribution in [0.2, 0.25) is 0 Å². The molecule has 33 heavy (non-hydrogen) atoms. The van der Waals surface area contributed by atoms with Crippen molar-refractivity contribution < 1.29 is 29.3 Å². The van der Waals surface area contributed by atoms with Crippen molar-refractivity contribution in [1.82, 2.24) is 10.6 Å². The van der Waals surface area contributed by atoms with Crippen molar-refractivity contribution in [2.45, 2.75) is 44.1 Å². The zero-order valence-corrected chi connectivity index (χ0v) is 18.5. The van der Waals surface area contributed by atoms with Crippen LogP contribution in [0.1, 0.15) is 49.1 Å². The molecule has 0 saturated heterocycles. The van der Waals surface area contributed by atoms with E-state index in [0.29, 0.717) is 25.8 Å². The summed E-state index contributed by atoms with van der Waals surface area (Å²) in [5.74, 6) is -1.51. The average molecular weight is 455 g/mol. The van der Waals surface area contributed by atoms with Crippen LogP contribution in [-0.2, 0) is 14.3 Å². The van der Waals surface area contributed by atoms with E-state index in [1.807, 2.05) is 24.3 Å². The van der Waals surface area contributed by atoms with Gasteiger partial charge in [-0.05, 0) is 35.1 Å². The predicted molar refractivity (Wildman–Crippen MR) is 123 cm³/mol. The van der Waals surface area contributed by atoms with E-state index in [2.05, 4.69) is 34.9 Å². The van der Waals surface area contributed by atoms with Gasteiger partial charge in [0, 0.05) is 31.9 Å². The van der Waals surface area contributed by atoms with E-state index in [0.717, 1.165) is 11.1 Å². The molecule has 0 aliphatic heterocycles. The van der Waals surface area contributed by atoms with Crippen LogP contribution in [0.25, 0.3) is 11.1 Å². The highest BCUT2D eigenvalue weighted by Crippen LogP contribution is 2.44. The fourth-order valence-corrected chi connectivity index (χ4v) is 4.08. The van der Waals surface area contributed by atoms with Gasteiger partial charge in [-0.25, -0.2) is 9.59 Å². The molecule has 0 fully saturated rings. The third kappa shape index (κ3) is 6.55. The number of aliphatic hydroxyl groups is 1. The topological polar surface area (TPSA) is 125 Å². The van der Waals surface area contributed by atoms with Gasteiger partial charge in [0.25, 0.3) is 0 Å². The van der Waals surface area contributed by atoms with E-state index in [1.165, 1.54) is 11.1 Å². The number of hydrogen-bond donors (Lipinski definition) is 4. The van der Waals surface area contributed by atoms with E-state index in [1.54, 1.807) is 0 Å². The summed E-state index contributed by atoms with van der Waals surface area (Å²) < 4.78 is 5.48. The van der Waals surface area contributed by atoms with Crippen LogP contribution in [0.4, 0.5) is 4.79 Å². The van der Waals surface area contributed by atoms with Gasteiger partial charge >= 0.3 is 12.1 Å². The first-order chi connectivity index (χ1) is 16.0. The number of aliphatic hydroxyl groups excluding tert-OH is 1. The predicted octanol–water partition coefficient (Wildman–Crippen LogP) is 3.04. The fourth-order valence-electron chi connectivity index (χ4n) is 4.08. The lowest BCUT2D eigenvalue weighted by Crippen LogP contribution is -2.41. The van der Waals surface area contributed by atoms with Crippen LogP contribution < -0.4 is 10.6 Å². The summed E-state index contributed by atoms with van der Waals surface area (Å²) in [6.07, 6.45) is 1.66. The van der Waals surface area contributed by atoms with Crippen LogP contribution in [0.15, 0.2) is 48.5 Å². The normalized spacial score (nSPS) is 13.0. The second kappa shape index (κ2) is 12.0. The standard InChI is InChI=1S/C25H30N2O6/c28-15-13-22(24(30)31)27-23(29)12-2-1-7-14-26-25(32)33-16-21-19-10-5-3-8-17(19)18-9-4-6-11-20(18)21/h3-6,8-11,21-22,28H,1-2,7,12-16H2,(H,26,32)(H,27,29)(H,30,31)/t22-/m0/s1. The molecule has 0 heterocycles. The second-order valence-corrected chi connectivity index (χ2v) is 8.03. The molecule has 8 heteroatoms. The summed E-state index contributed by atoms with van der Waals surface area (Å²) in [6.45, 7) is 0.387. The molecule has 0 bridgehead atoms. The number of carboxylic acids is 1. The number of hydrogen-bond acceptors (Lipinski definition) is 5. The van der Waals surface area contributed by atoms with Crippen molar-refractivity contribution in [1.29, 1.82) is 0 Å². The first-order valence-corrected chi connectivity index (χ1v) is 11.2. The third-order valence-electron chi connectivity index (χ3n) is 5.74. The number of carbonyl (C=O) groups is 3. The largest absolute Gasteiger partial charge is 0.480 e. The lowest BCUT2D eigenvalue weighted by molar-refractivity contribution is -0.142. The summed E-state index contributed by atoms with van der Waals surface area (Å²) in [5.41, 5.74) is 4.68. The molecule has 8 nitrogen and oxygen atoms in total. The van der Waals surface area contributed by atoms with Crippen LogP contribution in [0, 0.1) is 0 Å². The van der Waals surface area contributed by atoms with Gasteiger partial charge < -0.3 is 25.6 Å². The van der Waals surface area contributed by atoms with Gasteiger partial charge in [-0.3, -0.25) is 4.79 Å². The lowest BCUT2D eigenvalue weighted by Gasteiger charge is -2.14. The van der Waals surface area contributed by atoms with E-state index in [9.17, 15) is 14.4 Å². The minimum atomic E-state index is -1.16. The number of ether oxygens (including phenoxy) is 1. The Balaban J connectivity index is 1.33. The Hall–Kier alpha value is -3.39. The van der Waals surface area contributed by atoms with Gasteiger partial charge in [0.1, 0.15) is 12.6 Å². The lowest BCUT2D eigenvalue weighted by atomic mass is 9.98. The summed E-state index contributed by atoms with van der Waals surface area (Å²) in [4.78, 5) is 34.9. The number of unbranched alkanes of at least 4 members (excludes halogenated alkanes) is 2. The second-order valence-electron chi connectivity index (χ2n) is 8.03. The maximum absolute atomic E-state index is 12.1. The molecule has 176 valence electrons. The highest BCUT2D eigenvalue weighted by atomic mass is 16.5. The molecule has 2 aromatic rings. The highest BCUT2D eigenvalue weighted by molar-refractivity contribution is 5.83. The fraction of sp³-hybridized carbons (Fsp3) is 0.400. The molecule has 0 radical (unpaired) electrons. The molecule has 2 amide bonds. The van der Waals surface area contributed by atoms with Crippen molar-refractivity contribution in [3.05, 3.63) is 59.7 Å². The van der Waals surface area contributed by atoms with Gasteiger partial charge in [0.05, 0.1) is 0 Å². The van der Waals surface area contributed by atoms with Gasteiger partial charge in [0.15, 0.2) is 0 Å². The Bertz CT molecular complexity index is 931. The van der Waals surface area contributed by atoms with Crippen molar-refractivity contribution in [3.8, 4) is 11.1 Å². The van der Waals surface area contributed by atoms with Gasteiger partial charge in [-0.15, -0.1) is 0 Å². The molecule has 0 saturated carbocycles. The number of amides is 2. The van der Waals surface area contributed by atoms with Crippen LogP contribution in [-0.4, -0.2) is 54.0 Å². The van der Waals surface area contributed by atoms with Crippen molar-refractivity contribution >= 4 is 18.0 Å². The maximum Gasteiger partial charge on any atom is 0.407 e. The van der Waals surface area contributed by atoms with E-state index in [4.69, 9.17) is 14.9 Å². The Morgan fingerprint density at radius 2 is 1.58 bits per heavy atom. The van der Waals surface area contributed by atoms with Crippen molar-refractivity contribution in [3.63, 3.8) is 0 Å². The molecule has 4 N–H and O–H groups in total. The molecule has 0 aromatic heterocycles. The SMILES string of the molecule is O=C(CCCCCNC(=O)OCC1c2ccccc2-c2ccccc21)N[C@@H](CCO)C(=O)O. The van der Waals surface area contributed by atoms with Crippen LogP contribution in [0.3, 0.4) is 0 Å². The Labute approximate surface area is 193 Å². The summed E-state index contributed by atoms with van der Waals surface area (Å²) in [5, 5.41) is 23.0. The molecule has 0 spiro atoms. The number of aliphatic carboxylic acids is 1. The Kier molecular flexibility index (Phi) is 8.83. The Morgan fingerprint density at radius 1 is 0.939 bits per heavy atom. The number of benzene rings is 2. The van der Waals surface area contributed by atoms with E-state index in [-0.39, 0.29) is 37.9 Å². The maximum atomic E-state index is 12.1. The van der Waals surface area contributed by atoms with E-state index >= 15 is 0 Å². The minimum absolute atomic E-state index is 0.0159. The van der Waals surface area contributed by atoms with Crippen molar-refractivity contribution in [2.75, 3.05) is 19.8 Å². The smallest absolute Gasteiger partial charge is 0.407 e. The van der Waals surface area contributed by atoms with Crippen LogP contribution >= 0.6 is 0 Å². The average Bonchev–Trinajstić information content (AvgIpc) is 3.13. The first kappa shape index (κ1) is 24.3. The number of fused-ring (bicyclic) bond motifs is 3. The van der Waals surface area contributed by atoms with Gasteiger partial charge in [-0.2, -0.15) is 0 Å². The molecule has 1 aliphatic carbocycles. The molecular formula is C25H30N2O6. The molecule has 1 aliphatic rings. The quantitative estimate of drug-likeness (QED) is 0.365. The Morgan fingerprint density at radius 3 is 2.18 bits per heavy atom. The van der Waals surface area contributed by atoms with Crippen molar-refractivity contribution in [2.24, 2.45) is 0 Å². The summed E-state index contributed by atoms with van der Waals surface area (Å²) >= 11 is 0. The monoisotopic (exact) mass is 454 g/mol. The minimum Gasteiger partial charge on any atom is -0.480 e. The van der Waals surface area contributed by atoms with Gasteiger partial charge in [-0.1, -0.05) is 55.0 Å². The number of rotatable bonds is 12. The first-order valence-electron chi connectivity index (χ1n) is 11.2. The molecule has 3 rings (SSSR count). The summed E-state index contributed by atoms with van der Waals surface area (Å²) in [7, 11) is 0. The highest BCUT2D eigenvalue weighted by Gasteiger charge is 2.28. The molecule has 2 aromatic carbocycles. The zero-order chi connectivity index (χ0) is 23.6. The number of carbonyl (C=O) groups excluding carboxylic acids is 2. The number of nitrogens with one attached hydrogen (secondary N) is 2.